The first kappa shape index (κ1) is 75.0. The number of hydrogen-bond acceptors (Lipinski definition) is 8. The maximum atomic E-state index is 12.7. The second-order valence-electron chi connectivity index (χ2n) is 22.3. The summed E-state index contributed by atoms with van der Waals surface area (Å²) < 4.78 is 33.1. The Bertz CT molecular complexity index is 1400. The van der Waals surface area contributed by atoms with Crippen molar-refractivity contribution < 1.29 is 37.6 Å². The highest BCUT2D eigenvalue weighted by Crippen LogP contribution is 2.43. The summed E-state index contributed by atoms with van der Waals surface area (Å²) in [5.74, 6) is -0.813. The minimum absolute atomic E-state index is 0.0538. The van der Waals surface area contributed by atoms with E-state index in [-0.39, 0.29) is 38.6 Å². The highest BCUT2D eigenvalue weighted by molar-refractivity contribution is 7.47. The fourth-order valence-corrected chi connectivity index (χ4v) is 10.6. The van der Waals surface area contributed by atoms with E-state index in [4.69, 9.17) is 24.3 Å². The van der Waals surface area contributed by atoms with Crippen molar-refractivity contribution in [3.8, 4) is 0 Å². The highest BCUT2D eigenvalue weighted by Gasteiger charge is 2.26. The Balaban J connectivity index is 3.85. The quantitative estimate of drug-likeness (QED) is 0.0264. The lowest BCUT2D eigenvalue weighted by molar-refractivity contribution is -0.161. The van der Waals surface area contributed by atoms with E-state index in [2.05, 4.69) is 62.5 Å². The number of allylic oxidation sites excluding steroid dienone is 8. The first-order valence-electron chi connectivity index (χ1n) is 33.1. The number of carbonyl (C=O) groups excluding carboxylic acids is 2. The van der Waals surface area contributed by atoms with E-state index >= 15 is 0 Å². The summed E-state index contributed by atoms with van der Waals surface area (Å²) in [5, 5.41) is 0. The van der Waals surface area contributed by atoms with Gasteiger partial charge in [-0.25, -0.2) is 4.57 Å². The van der Waals surface area contributed by atoms with Gasteiger partial charge in [0.05, 0.1) is 13.2 Å². The third-order valence-electron chi connectivity index (χ3n) is 14.7. The third-order valence-corrected chi connectivity index (χ3v) is 15.7. The maximum absolute atomic E-state index is 12.7. The molecule has 0 aliphatic carbocycles. The second kappa shape index (κ2) is 63.2. The summed E-state index contributed by atoms with van der Waals surface area (Å²) in [7, 11) is -4.39. The zero-order chi connectivity index (χ0) is 55.9. The normalized spacial score (nSPS) is 13.2. The molecule has 0 bridgehead atoms. The van der Waals surface area contributed by atoms with Crippen LogP contribution in [0.15, 0.2) is 48.6 Å². The summed E-state index contributed by atoms with van der Waals surface area (Å²) in [6, 6.07) is 0. The lowest BCUT2D eigenvalue weighted by Crippen LogP contribution is -2.29. The van der Waals surface area contributed by atoms with Crippen LogP contribution in [0.2, 0.25) is 0 Å². The summed E-state index contributed by atoms with van der Waals surface area (Å²) in [4.78, 5) is 35.3. The molecule has 10 heteroatoms. The number of hydrogen-bond donors (Lipinski definition) is 2. The monoisotopic (exact) mass is 1100 g/mol. The molecular formula is C67H126NO8P. The molecule has 0 aromatic carbocycles. The minimum Gasteiger partial charge on any atom is -0.462 e. The van der Waals surface area contributed by atoms with E-state index in [1.54, 1.807) is 0 Å². The molecule has 0 aromatic rings. The van der Waals surface area contributed by atoms with Gasteiger partial charge in [-0.1, -0.05) is 319 Å². The van der Waals surface area contributed by atoms with Crippen molar-refractivity contribution >= 4 is 19.8 Å². The van der Waals surface area contributed by atoms with Crippen molar-refractivity contribution in [2.75, 3.05) is 26.4 Å². The Morgan fingerprint density at radius 2 is 0.714 bits per heavy atom. The Hall–Kier alpha value is -2.03. The van der Waals surface area contributed by atoms with Crippen LogP contribution in [-0.4, -0.2) is 49.3 Å². The van der Waals surface area contributed by atoms with Gasteiger partial charge in [0.15, 0.2) is 6.10 Å². The summed E-state index contributed by atoms with van der Waals surface area (Å²) in [5.41, 5.74) is 5.40. The number of phosphoric ester groups is 1. The molecular weight excluding hydrogens is 978 g/mol. The number of esters is 2. The van der Waals surface area contributed by atoms with Crippen molar-refractivity contribution in [3.63, 3.8) is 0 Å². The van der Waals surface area contributed by atoms with E-state index in [1.165, 1.54) is 238 Å². The standard InChI is InChI=1S/C67H126NO8P/c1-3-5-7-9-11-13-15-17-19-21-23-25-27-29-30-31-32-33-34-36-37-39-41-43-45-47-49-51-53-55-57-59-66(69)73-63-65(64-75-77(71,72)74-62-61-68)76-67(70)60-58-56-54-52-50-48-46-44-42-40-38-35-28-26-24-22-20-18-16-14-12-10-8-6-4-2/h6,8,12,14,18,20,24,26,65H,3-5,7,9-11,13,15-17,19,21-23,25,27-64,68H2,1-2H3,(H,71,72)/b8-6-,14-12-,20-18-,26-24-. The van der Waals surface area contributed by atoms with Crippen molar-refractivity contribution in [1.29, 1.82) is 0 Å². The van der Waals surface area contributed by atoms with Crippen LogP contribution < -0.4 is 5.73 Å². The van der Waals surface area contributed by atoms with Gasteiger partial charge in [-0.3, -0.25) is 18.6 Å². The number of rotatable bonds is 63. The van der Waals surface area contributed by atoms with E-state index in [0.29, 0.717) is 6.42 Å². The second-order valence-corrected chi connectivity index (χ2v) is 23.8. The van der Waals surface area contributed by atoms with Gasteiger partial charge < -0.3 is 20.1 Å². The smallest absolute Gasteiger partial charge is 0.462 e. The fraction of sp³-hybridized carbons (Fsp3) is 0.851. The molecule has 2 unspecified atom stereocenters. The van der Waals surface area contributed by atoms with Crippen LogP contribution in [0.1, 0.15) is 335 Å². The largest absolute Gasteiger partial charge is 0.472 e. The molecule has 77 heavy (non-hydrogen) atoms. The van der Waals surface area contributed by atoms with Crippen LogP contribution in [0.3, 0.4) is 0 Å². The molecule has 0 fully saturated rings. The fourth-order valence-electron chi connectivity index (χ4n) is 9.87. The molecule has 0 aliphatic rings. The summed E-state index contributed by atoms with van der Waals surface area (Å²) in [6.45, 7) is 3.69. The van der Waals surface area contributed by atoms with E-state index < -0.39 is 26.5 Å². The zero-order valence-corrected chi connectivity index (χ0v) is 51.6. The van der Waals surface area contributed by atoms with Gasteiger partial charge in [-0.05, 0) is 51.4 Å². The molecule has 0 spiro atoms. The predicted octanol–water partition coefficient (Wildman–Crippen LogP) is 21.3. The van der Waals surface area contributed by atoms with Gasteiger partial charge in [0.2, 0.25) is 0 Å². The molecule has 2 atom stereocenters. The molecule has 0 heterocycles. The molecule has 0 radical (unpaired) electrons. The topological polar surface area (TPSA) is 134 Å². The van der Waals surface area contributed by atoms with Gasteiger partial charge >= 0.3 is 19.8 Å². The maximum Gasteiger partial charge on any atom is 0.472 e. The van der Waals surface area contributed by atoms with Crippen LogP contribution >= 0.6 is 7.82 Å². The Morgan fingerprint density at radius 1 is 0.403 bits per heavy atom. The van der Waals surface area contributed by atoms with Gasteiger partial charge in [-0.2, -0.15) is 0 Å². The number of carbonyl (C=O) groups is 2. The summed E-state index contributed by atoms with van der Waals surface area (Å²) in [6.07, 6.45) is 79.1. The molecule has 3 N–H and O–H groups in total. The lowest BCUT2D eigenvalue weighted by atomic mass is 10.0. The highest BCUT2D eigenvalue weighted by atomic mass is 31.2. The van der Waals surface area contributed by atoms with E-state index in [1.807, 2.05) is 0 Å². The Kier molecular flexibility index (Phi) is 61.5. The number of nitrogens with two attached hydrogens (primary N) is 1. The van der Waals surface area contributed by atoms with Gasteiger partial charge in [-0.15, -0.1) is 0 Å². The lowest BCUT2D eigenvalue weighted by Gasteiger charge is -2.19. The van der Waals surface area contributed by atoms with Crippen LogP contribution in [0.4, 0.5) is 0 Å². The van der Waals surface area contributed by atoms with Crippen molar-refractivity contribution in [2.24, 2.45) is 5.73 Å². The first-order valence-corrected chi connectivity index (χ1v) is 34.6. The van der Waals surface area contributed by atoms with Crippen molar-refractivity contribution in [2.45, 2.75) is 341 Å². The number of unbranched alkanes of at least 4 members (excludes halogenated alkanes) is 42. The zero-order valence-electron chi connectivity index (χ0n) is 50.7. The molecule has 452 valence electrons. The van der Waals surface area contributed by atoms with Gasteiger partial charge in [0.25, 0.3) is 0 Å². The molecule has 0 rings (SSSR count). The number of ether oxygens (including phenoxy) is 2. The molecule has 0 saturated heterocycles. The van der Waals surface area contributed by atoms with Crippen LogP contribution in [0, 0.1) is 0 Å². The summed E-state index contributed by atoms with van der Waals surface area (Å²) >= 11 is 0. The Morgan fingerprint density at radius 3 is 1.06 bits per heavy atom. The molecule has 0 amide bonds. The SMILES string of the molecule is CC/C=C\C/C=C\C/C=C\C/C=C\CCCCCCCCCCCCCCC(=O)OC(COC(=O)CCCCCCCCCCCCCCCCCCCCCCCCCCCCCCCCC)COP(=O)(O)OCCN. The molecule has 9 nitrogen and oxygen atoms in total. The van der Waals surface area contributed by atoms with Crippen LogP contribution in [0.5, 0.6) is 0 Å². The molecule has 0 aromatic heterocycles. The molecule has 0 aliphatic heterocycles. The van der Waals surface area contributed by atoms with Gasteiger partial charge in [0, 0.05) is 19.4 Å². The van der Waals surface area contributed by atoms with E-state index in [9.17, 15) is 19.0 Å². The first-order chi connectivity index (χ1) is 37.8. The van der Waals surface area contributed by atoms with Crippen molar-refractivity contribution in [1.82, 2.24) is 0 Å². The van der Waals surface area contributed by atoms with Gasteiger partial charge in [0.1, 0.15) is 6.61 Å². The minimum atomic E-state index is -4.39. The average Bonchev–Trinajstić information content (AvgIpc) is 3.42. The predicted molar refractivity (Wildman–Crippen MR) is 330 cm³/mol. The van der Waals surface area contributed by atoms with Crippen LogP contribution in [0.25, 0.3) is 0 Å². The molecule has 0 saturated carbocycles. The number of phosphoric acid groups is 1. The third kappa shape index (κ3) is 63.0. The van der Waals surface area contributed by atoms with Crippen molar-refractivity contribution in [3.05, 3.63) is 48.6 Å². The van der Waals surface area contributed by atoms with Crippen LogP contribution in [-0.2, 0) is 32.7 Å². The van der Waals surface area contributed by atoms with E-state index in [0.717, 1.165) is 64.2 Å². The Labute approximate surface area is 477 Å². The average molecular weight is 1100 g/mol.